The maximum absolute atomic E-state index is 6.13. The fourth-order valence-corrected chi connectivity index (χ4v) is 5.16. The van der Waals surface area contributed by atoms with Gasteiger partial charge in [0.15, 0.2) is 0 Å². The van der Waals surface area contributed by atoms with Crippen LogP contribution in [0.3, 0.4) is 0 Å². The van der Waals surface area contributed by atoms with Crippen LogP contribution < -0.4 is 10.1 Å². The number of thioether (sulfide) groups is 2. The monoisotopic (exact) mass is 340 g/mol. The van der Waals surface area contributed by atoms with Crippen LogP contribution in [0.15, 0.2) is 18.3 Å². The van der Waals surface area contributed by atoms with Gasteiger partial charge in [-0.1, -0.05) is 0 Å². The molecule has 2 atom stereocenters. The van der Waals surface area contributed by atoms with E-state index in [0.29, 0.717) is 18.7 Å². The van der Waals surface area contributed by atoms with E-state index in [4.69, 9.17) is 9.47 Å². The third kappa shape index (κ3) is 4.78. The summed E-state index contributed by atoms with van der Waals surface area (Å²) in [6.07, 6.45) is 2.88. The lowest BCUT2D eigenvalue weighted by Crippen LogP contribution is -2.53. The Morgan fingerprint density at radius 2 is 2.09 bits per heavy atom. The Morgan fingerprint density at radius 3 is 2.82 bits per heavy atom. The van der Waals surface area contributed by atoms with Gasteiger partial charge in [0, 0.05) is 47.4 Å². The van der Waals surface area contributed by atoms with E-state index < -0.39 is 0 Å². The Balaban J connectivity index is 1.59. The SMILES string of the molecule is Cc1ccc(O[C@H]2COCC[C@H]2NC2CSCCSC2)cn1. The molecule has 0 amide bonds. The lowest BCUT2D eigenvalue weighted by molar-refractivity contribution is -0.0165. The van der Waals surface area contributed by atoms with Crippen molar-refractivity contribution in [2.45, 2.75) is 31.5 Å². The van der Waals surface area contributed by atoms with Gasteiger partial charge >= 0.3 is 0 Å². The van der Waals surface area contributed by atoms with Gasteiger partial charge in [-0.3, -0.25) is 4.98 Å². The van der Waals surface area contributed by atoms with Gasteiger partial charge in [-0.25, -0.2) is 0 Å². The zero-order valence-electron chi connectivity index (χ0n) is 13.0. The Hall–Kier alpha value is -0.430. The molecule has 0 spiro atoms. The normalized spacial score (nSPS) is 27.3. The number of aromatic nitrogens is 1. The average Bonchev–Trinajstić information content (AvgIpc) is 2.80. The molecule has 4 nitrogen and oxygen atoms in total. The second-order valence-corrected chi connectivity index (χ2v) is 8.07. The second kappa shape index (κ2) is 8.43. The molecule has 122 valence electrons. The summed E-state index contributed by atoms with van der Waals surface area (Å²) in [5.74, 6) is 5.77. The van der Waals surface area contributed by atoms with Crippen molar-refractivity contribution in [1.29, 1.82) is 0 Å². The predicted octanol–water partition coefficient (Wildman–Crippen LogP) is 2.36. The largest absolute Gasteiger partial charge is 0.485 e. The van der Waals surface area contributed by atoms with Crippen molar-refractivity contribution in [1.82, 2.24) is 10.3 Å². The van der Waals surface area contributed by atoms with Gasteiger partial charge in [-0.2, -0.15) is 23.5 Å². The first-order chi connectivity index (χ1) is 10.8. The Labute approximate surface area is 141 Å². The average molecular weight is 341 g/mol. The van der Waals surface area contributed by atoms with E-state index in [1.807, 2.05) is 19.1 Å². The van der Waals surface area contributed by atoms with Crippen LogP contribution in [0.25, 0.3) is 0 Å². The van der Waals surface area contributed by atoms with Gasteiger partial charge in [0.1, 0.15) is 11.9 Å². The summed E-state index contributed by atoms with van der Waals surface area (Å²) in [7, 11) is 0. The minimum Gasteiger partial charge on any atom is -0.485 e. The summed E-state index contributed by atoms with van der Waals surface area (Å²) in [5.41, 5.74) is 1.01. The Morgan fingerprint density at radius 1 is 1.27 bits per heavy atom. The van der Waals surface area contributed by atoms with Crippen molar-refractivity contribution in [3.8, 4) is 5.75 Å². The van der Waals surface area contributed by atoms with Crippen LogP contribution in [0, 0.1) is 6.92 Å². The summed E-state index contributed by atoms with van der Waals surface area (Å²) in [6.45, 7) is 3.45. The molecule has 6 heteroatoms. The highest BCUT2D eigenvalue weighted by atomic mass is 32.2. The Bertz CT molecular complexity index is 450. The molecule has 3 heterocycles. The number of nitrogens with one attached hydrogen (secondary N) is 1. The number of aryl methyl sites for hydroxylation is 1. The number of hydrogen-bond donors (Lipinski definition) is 1. The molecule has 2 aliphatic rings. The van der Waals surface area contributed by atoms with E-state index in [0.717, 1.165) is 24.5 Å². The number of nitrogens with zero attached hydrogens (tertiary/aromatic N) is 1. The van der Waals surface area contributed by atoms with Crippen LogP contribution in [-0.2, 0) is 4.74 Å². The van der Waals surface area contributed by atoms with Gasteiger partial charge in [0.2, 0.25) is 0 Å². The fourth-order valence-electron chi connectivity index (χ4n) is 2.73. The quantitative estimate of drug-likeness (QED) is 0.908. The first-order valence-corrected chi connectivity index (χ1v) is 10.2. The van der Waals surface area contributed by atoms with Crippen molar-refractivity contribution in [3.63, 3.8) is 0 Å². The van der Waals surface area contributed by atoms with E-state index in [9.17, 15) is 0 Å². The first kappa shape index (κ1) is 16.4. The van der Waals surface area contributed by atoms with E-state index in [1.165, 1.54) is 23.0 Å². The molecule has 1 aromatic heterocycles. The molecule has 0 radical (unpaired) electrons. The molecule has 2 saturated heterocycles. The van der Waals surface area contributed by atoms with Crippen molar-refractivity contribution >= 4 is 23.5 Å². The van der Waals surface area contributed by atoms with E-state index >= 15 is 0 Å². The maximum atomic E-state index is 6.13. The third-order valence-corrected chi connectivity index (χ3v) is 6.46. The molecule has 0 unspecified atom stereocenters. The molecule has 0 bridgehead atoms. The minimum absolute atomic E-state index is 0.0662. The molecule has 1 N–H and O–H groups in total. The van der Waals surface area contributed by atoms with Crippen LogP contribution in [0.2, 0.25) is 0 Å². The standard InChI is InChI=1S/C16H24N2O2S2/c1-12-2-3-14(8-17-12)20-16-9-19-5-4-15(16)18-13-10-21-6-7-22-11-13/h2-3,8,13,15-16,18H,4-7,9-11H2,1H3/t15-,16+/m1/s1. The lowest BCUT2D eigenvalue weighted by atomic mass is 10.1. The summed E-state index contributed by atoms with van der Waals surface area (Å²) in [4.78, 5) is 4.30. The number of rotatable bonds is 4. The van der Waals surface area contributed by atoms with Crippen LogP contribution in [-0.4, -0.2) is 59.4 Å². The fraction of sp³-hybridized carbons (Fsp3) is 0.688. The van der Waals surface area contributed by atoms with Crippen LogP contribution in [0.4, 0.5) is 0 Å². The van der Waals surface area contributed by atoms with E-state index in [-0.39, 0.29) is 6.10 Å². The van der Waals surface area contributed by atoms with Gasteiger partial charge in [-0.15, -0.1) is 0 Å². The van der Waals surface area contributed by atoms with Crippen molar-refractivity contribution in [2.24, 2.45) is 0 Å². The van der Waals surface area contributed by atoms with Crippen LogP contribution in [0.5, 0.6) is 5.75 Å². The minimum atomic E-state index is 0.0662. The van der Waals surface area contributed by atoms with Gasteiger partial charge < -0.3 is 14.8 Å². The first-order valence-electron chi connectivity index (χ1n) is 7.90. The van der Waals surface area contributed by atoms with Gasteiger partial charge in [-0.05, 0) is 25.5 Å². The number of ether oxygens (including phenoxy) is 2. The Kier molecular flexibility index (Phi) is 6.30. The summed E-state index contributed by atoms with van der Waals surface area (Å²) >= 11 is 4.11. The molecule has 1 aromatic rings. The number of pyridine rings is 1. The van der Waals surface area contributed by atoms with Crippen LogP contribution >= 0.6 is 23.5 Å². The van der Waals surface area contributed by atoms with E-state index in [1.54, 1.807) is 6.20 Å². The number of hydrogen-bond acceptors (Lipinski definition) is 6. The van der Waals surface area contributed by atoms with Gasteiger partial charge in [0.25, 0.3) is 0 Å². The molecule has 0 aliphatic carbocycles. The van der Waals surface area contributed by atoms with Crippen molar-refractivity contribution in [3.05, 3.63) is 24.0 Å². The van der Waals surface area contributed by atoms with Gasteiger partial charge in [0.05, 0.1) is 12.8 Å². The molecule has 0 aromatic carbocycles. The van der Waals surface area contributed by atoms with Crippen molar-refractivity contribution < 1.29 is 9.47 Å². The highest BCUT2D eigenvalue weighted by molar-refractivity contribution is 8.03. The molecule has 3 rings (SSSR count). The molecule has 2 fully saturated rings. The summed E-state index contributed by atoms with van der Waals surface area (Å²) in [5, 5.41) is 3.81. The molecule has 0 saturated carbocycles. The highest BCUT2D eigenvalue weighted by Gasteiger charge is 2.29. The predicted molar refractivity (Wildman–Crippen MR) is 94.2 cm³/mol. The molecular formula is C16H24N2O2S2. The van der Waals surface area contributed by atoms with Crippen LogP contribution in [0.1, 0.15) is 12.1 Å². The lowest BCUT2D eigenvalue weighted by Gasteiger charge is -2.34. The topological polar surface area (TPSA) is 43.4 Å². The maximum Gasteiger partial charge on any atom is 0.138 e. The molecule has 22 heavy (non-hydrogen) atoms. The van der Waals surface area contributed by atoms with E-state index in [2.05, 4.69) is 33.8 Å². The summed E-state index contributed by atoms with van der Waals surface area (Å²) < 4.78 is 11.8. The molecule has 2 aliphatic heterocycles. The summed E-state index contributed by atoms with van der Waals surface area (Å²) in [6, 6.07) is 4.91. The van der Waals surface area contributed by atoms with Crippen molar-refractivity contribution in [2.75, 3.05) is 36.2 Å². The second-order valence-electron chi connectivity index (χ2n) is 5.78. The zero-order valence-corrected chi connectivity index (χ0v) is 14.6. The smallest absolute Gasteiger partial charge is 0.138 e. The molecular weight excluding hydrogens is 316 g/mol. The highest BCUT2D eigenvalue weighted by Crippen LogP contribution is 2.21. The zero-order chi connectivity index (χ0) is 15.2. The third-order valence-electron chi connectivity index (χ3n) is 3.94.